The van der Waals surface area contributed by atoms with Crippen LogP contribution in [-0.4, -0.2) is 24.9 Å². The van der Waals surface area contributed by atoms with E-state index in [1.807, 2.05) is 68.4 Å². The zero-order valence-corrected chi connectivity index (χ0v) is 14.1. The van der Waals surface area contributed by atoms with Crippen LogP contribution in [0.15, 0.2) is 54.6 Å². The van der Waals surface area contributed by atoms with Crippen molar-refractivity contribution in [2.24, 2.45) is 5.92 Å². The van der Waals surface area contributed by atoms with Crippen LogP contribution >= 0.6 is 0 Å². The van der Waals surface area contributed by atoms with Crippen LogP contribution in [0.5, 0.6) is 0 Å². The average molecular weight is 322 g/mol. The highest BCUT2D eigenvalue weighted by Crippen LogP contribution is 2.28. The van der Waals surface area contributed by atoms with Gasteiger partial charge in [0, 0.05) is 30.9 Å². The second kappa shape index (κ2) is 6.87. The number of hydrogen-bond donors (Lipinski definition) is 0. The summed E-state index contributed by atoms with van der Waals surface area (Å²) in [5, 5.41) is 0. The predicted octanol–water partition coefficient (Wildman–Crippen LogP) is 3.40. The summed E-state index contributed by atoms with van der Waals surface area (Å²) in [6, 6.07) is 17.5. The van der Waals surface area contributed by atoms with E-state index in [1.54, 1.807) is 9.80 Å². The summed E-state index contributed by atoms with van der Waals surface area (Å²) in [6.07, 6.45) is 0.274. The van der Waals surface area contributed by atoms with Crippen LogP contribution in [0.2, 0.25) is 0 Å². The Kier molecular flexibility index (Phi) is 4.65. The summed E-state index contributed by atoms with van der Waals surface area (Å²) in [5.41, 5.74) is 2.87. The average Bonchev–Trinajstić information content (AvgIpc) is 2.98. The maximum atomic E-state index is 13.0. The minimum Gasteiger partial charge on any atom is -0.312 e. The number of benzene rings is 2. The molecule has 4 nitrogen and oxygen atoms in total. The Morgan fingerprint density at radius 2 is 1.92 bits per heavy atom. The molecule has 0 bridgehead atoms. The Hall–Kier alpha value is -2.62. The number of para-hydroxylation sites is 1. The Bertz CT molecular complexity index is 742. The summed E-state index contributed by atoms with van der Waals surface area (Å²) in [4.78, 5) is 28.8. The zero-order chi connectivity index (χ0) is 17.1. The van der Waals surface area contributed by atoms with Crippen LogP contribution in [0.4, 0.5) is 11.4 Å². The number of rotatable bonds is 4. The molecule has 0 N–H and O–H groups in total. The van der Waals surface area contributed by atoms with Crippen LogP contribution in [-0.2, 0) is 9.59 Å². The first-order valence-corrected chi connectivity index (χ1v) is 8.33. The fourth-order valence-corrected chi connectivity index (χ4v) is 3.21. The van der Waals surface area contributed by atoms with Crippen molar-refractivity contribution in [1.29, 1.82) is 0 Å². The molecule has 2 aromatic rings. The molecule has 1 fully saturated rings. The van der Waals surface area contributed by atoms with Gasteiger partial charge in [0.2, 0.25) is 11.8 Å². The SMILES string of the molecule is CCN(C(=O)C1CC(=O)N(c2ccccc2)C1)c1cccc(C)c1. The summed E-state index contributed by atoms with van der Waals surface area (Å²) < 4.78 is 0. The molecule has 1 heterocycles. The van der Waals surface area contributed by atoms with E-state index in [0.717, 1.165) is 16.9 Å². The highest BCUT2D eigenvalue weighted by atomic mass is 16.2. The Balaban J connectivity index is 1.79. The number of nitrogens with zero attached hydrogens (tertiary/aromatic N) is 2. The minimum absolute atomic E-state index is 0.0137. The van der Waals surface area contributed by atoms with Crippen LogP contribution in [0, 0.1) is 12.8 Å². The van der Waals surface area contributed by atoms with Gasteiger partial charge in [0.05, 0.1) is 5.92 Å². The molecule has 24 heavy (non-hydrogen) atoms. The van der Waals surface area contributed by atoms with Gasteiger partial charge in [-0.15, -0.1) is 0 Å². The van der Waals surface area contributed by atoms with Gasteiger partial charge in [0.25, 0.3) is 0 Å². The van der Waals surface area contributed by atoms with Gasteiger partial charge in [-0.05, 0) is 43.7 Å². The third-order valence-corrected chi connectivity index (χ3v) is 4.44. The van der Waals surface area contributed by atoms with Crippen molar-refractivity contribution in [2.75, 3.05) is 22.9 Å². The quantitative estimate of drug-likeness (QED) is 0.865. The molecular formula is C20H22N2O2. The lowest BCUT2D eigenvalue weighted by molar-refractivity contribution is -0.124. The first-order valence-electron chi connectivity index (χ1n) is 8.33. The summed E-state index contributed by atoms with van der Waals surface area (Å²) >= 11 is 0. The van der Waals surface area contributed by atoms with E-state index in [0.29, 0.717) is 13.1 Å². The van der Waals surface area contributed by atoms with Crippen molar-refractivity contribution < 1.29 is 9.59 Å². The zero-order valence-electron chi connectivity index (χ0n) is 14.1. The predicted molar refractivity (Wildman–Crippen MR) is 96.1 cm³/mol. The molecule has 124 valence electrons. The molecular weight excluding hydrogens is 300 g/mol. The van der Waals surface area contributed by atoms with E-state index >= 15 is 0 Å². The van der Waals surface area contributed by atoms with Crippen molar-refractivity contribution in [3.8, 4) is 0 Å². The van der Waals surface area contributed by atoms with Gasteiger partial charge in [-0.1, -0.05) is 30.3 Å². The number of carbonyl (C=O) groups is 2. The fourth-order valence-electron chi connectivity index (χ4n) is 3.21. The second-order valence-corrected chi connectivity index (χ2v) is 6.16. The summed E-state index contributed by atoms with van der Waals surface area (Å²) in [6.45, 7) is 5.02. The minimum atomic E-state index is -0.293. The molecule has 0 radical (unpaired) electrons. The van der Waals surface area contributed by atoms with Crippen molar-refractivity contribution in [1.82, 2.24) is 0 Å². The number of aryl methyl sites for hydroxylation is 1. The molecule has 0 aliphatic carbocycles. The van der Waals surface area contributed by atoms with Crippen LogP contribution in [0.1, 0.15) is 18.9 Å². The van der Waals surface area contributed by atoms with E-state index < -0.39 is 0 Å². The molecule has 4 heteroatoms. The Morgan fingerprint density at radius 1 is 1.17 bits per heavy atom. The van der Waals surface area contributed by atoms with E-state index in [1.165, 1.54) is 0 Å². The van der Waals surface area contributed by atoms with Crippen molar-refractivity contribution in [3.63, 3.8) is 0 Å². The van der Waals surface area contributed by atoms with Crippen molar-refractivity contribution >= 4 is 23.2 Å². The monoisotopic (exact) mass is 322 g/mol. The largest absolute Gasteiger partial charge is 0.312 e. The number of amides is 2. The van der Waals surface area contributed by atoms with Gasteiger partial charge in [0.1, 0.15) is 0 Å². The number of anilines is 2. The van der Waals surface area contributed by atoms with Gasteiger partial charge >= 0.3 is 0 Å². The molecule has 0 spiro atoms. The molecule has 1 saturated heterocycles. The molecule has 1 aliphatic rings. The molecule has 1 aliphatic heterocycles. The number of hydrogen-bond acceptors (Lipinski definition) is 2. The third-order valence-electron chi connectivity index (χ3n) is 4.44. The van der Waals surface area contributed by atoms with Crippen LogP contribution in [0.25, 0.3) is 0 Å². The van der Waals surface area contributed by atoms with Crippen LogP contribution in [0.3, 0.4) is 0 Å². The van der Waals surface area contributed by atoms with E-state index in [4.69, 9.17) is 0 Å². The highest BCUT2D eigenvalue weighted by Gasteiger charge is 2.37. The Morgan fingerprint density at radius 3 is 2.58 bits per heavy atom. The normalized spacial score (nSPS) is 17.2. The van der Waals surface area contributed by atoms with Gasteiger partial charge in [0.15, 0.2) is 0 Å². The number of carbonyl (C=O) groups excluding carboxylic acids is 2. The summed E-state index contributed by atoms with van der Waals surface area (Å²) in [5.74, 6) is -0.257. The van der Waals surface area contributed by atoms with Gasteiger partial charge in [-0.2, -0.15) is 0 Å². The van der Waals surface area contributed by atoms with Crippen LogP contribution < -0.4 is 9.80 Å². The Labute approximate surface area is 142 Å². The van der Waals surface area contributed by atoms with Crippen molar-refractivity contribution in [2.45, 2.75) is 20.3 Å². The molecule has 1 unspecified atom stereocenters. The first-order chi connectivity index (χ1) is 11.6. The smallest absolute Gasteiger partial charge is 0.232 e. The van der Waals surface area contributed by atoms with E-state index in [-0.39, 0.29) is 24.2 Å². The topological polar surface area (TPSA) is 40.6 Å². The third kappa shape index (κ3) is 3.18. The lowest BCUT2D eigenvalue weighted by atomic mass is 10.1. The lowest BCUT2D eigenvalue weighted by Gasteiger charge is -2.24. The fraction of sp³-hybridized carbons (Fsp3) is 0.300. The molecule has 3 rings (SSSR count). The van der Waals surface area contributed by atoms with Gasteiger partial charge in [-0.3, -0.25) is 9.59 Å². The molecule has 0 aromatic heterocycles. The molecule has 2 amide bonds. The van der Waals surface area contributed by atoms with E-state index in [2.05, 4.69) is 0 Å². The molecule has 2 aromatic carbocycles. The van der Waals surface area contributed by atoms with E-state index in [9.17, 15) is 9.59 Å². The van der Waals surface area contributed by atoms with Gasteiger partial charge in [-0.25, -0.2) is 0 Å². The lowest BCUT2D eigenvalue weighted by Crippen LogP contribution is -2.37. The summed E-state index contributed by atoms with van der Waals surface area (Å²) in [7, 11) is 0. The maximum absolute atomic E-state index is 13.0. The standard InChI is InChI=1S/C20H22N2O2/c1-3-21(18-11-7-8-15(2)12-18)20(24)16-13-19(23)22(14-16)17-9-5-4-6-10-17/h4-12,16H,3,13-14H2,1-2H3. The van der Waals surface area contributed by atoms with Crippen molar-refractivity contribution in [3.05, 3.63) is 60.2 Å². The van der Waals surface area contributed by atoms with Gasteiger partial charge < -0.3 is 9.80 Å². The second-order valence-electron chi connectivity index (χ2n) is 6.16. The molecule has 1 atom stereocenters. The molecule has 0 saturated carbocycles. The maximum Gasteiger partial charge on any atom is 0.232 e. The highest BCUT2D eigenvalue weighted by molar-refractivity contribution is 6.04. The first kappa shape index (κ1) is 16.2.